The van der Waals surface area contributed by atoms with Crippen LogP contribution in [-0.4, -0.2) is 28.2 Å². The van der Waals surface area contributed by atoms with Gasteiger partial charge in [-0.1, -0.05) is 12.1 Å². The van der Waals surface area contributed by atoms with Crippen molar-refractivity contribution >= 4 is 28.7 Å². The summed E-state index contributed by atoms with van der Waals surface area (Å²) >= 11 is 1.40. The first-order valence-electron chi connectivity index (χ1n) is 7.79. The Morgan fingerprint density at radius 2 is 1.96 bits per heavy atom. The summed E-state index contributed by atoms with van der Waals surface area (Å²) in [6.45, 7) is 0.611. The molecule has 0 spiro atoms. The average Bonchev–Trinajstić information content (AvgIpc) is 3.01. The highest BCUT2D eigenvalue weighted by Crippen LogP contribution is 2.17. The van der Waals surface area contributed by atoms with Gasteiger partial charge in [-0.25, -0.2) is 9.37 Å². The number of hydrogen-bond donors (Lipinski definition) is 2. The van der Waals surface area contributed by atoms with Gasteiger partial charge in [-0.2, -0.15) is 0 Å². The van der Waals surface area contributed by atoms with Crippen LogP contribution >= 0.6 is 11.8 Å². The topological polar surface area (TPSA) is 57.8 Å². The first-order valence-corrected chi connectivity index (χ1v) is 8.78. The number of thioether (sulfide) groups is 1. The minimum atomic E-state index is -0.269. The number of aromatic nitrogens is 2. The van der Waals surface area contributed by atoms with Crippen LogP contribution in [0.1, 0.15) is 12.2 Å². The number of para-hydroxylation sites is 2. The van der Waals surface area contributed by atoms with Crippen LogP contribution < -0.4 is 5.32 Å². The van der Waals surface area contributed by atoms with Crippen LogP contribution in [0.4, 0.5) is 4.39 Å². The van der Waals surface area contributed by atoms with Gasteiger partial charge in [-0.3, -0.25) is 4.79 Å². The highest BCUT2D eigenvalue weighted by Gasteiger charge is 2.04. The average molecular weight is 343 g/mol. The van der Waals surface area contributed by atoms with Gasteiger partial charge in [0, 0.05) is 17.9 Å². The van der Waals surface area contributed by atoms with E-state index in [4.69, 9.17) is 0 Å². The SMILES string of the molecule is O=C(CSc1ccc(F)cc1)NCCCc1nc2ccccc2[nH]1. The summed E-state index contributed by atoms with van der Waals surface area (Å²) in [5.41, 5.74) is 2.00. The second kappa shape index (κ2) is 7.97. The Kier molecular flexibility index (Phi) is 5.48. The Morgan fingerprint density at radius 1 is 1.17 bits per heavy atom. The Labute approximate surface area is 143 Å². The zero-order chi connectivity index (χ0) is 16.8. The number of nitrogens with one attached hydrogen (secondary N) is 2. The number of carbonyl (C=O) groups is 1. The first kappa shape index (κ1) is 16.5. The number of fused-ring (bicyclic) bond motifs is 1. The summed E-state index contributed by atoms with van der Waals surface area (Å²) in [5, 5.41) is 2.89. The fourth-order valence-corrected chi connectivity index (χ4v) is 3.07. The van der Waals surface area contributed by atoms with E-state index in [0.717, 1.165) is 34.6 Å². The molecule has 4 nitrogen and oxygen atoms in total. The van der Waals surface area contributed by atoms with Crippen LogP contribution in [0, 0.1) is 5.82 Å². The van der Waals surface area contributed by atoms with Gasteiger partial charge in [0.1, 0.15) is 11.6 Å². The minimum Gasteiger partial charge on any atom is -0.355 e. The number of amides is 1. The van der Waals surface area contributed by atoms with Crippen LogP contribution in [0.25, 0.3) is 11.0 Å². The molecule has 0 saturated heterocycles. The summed E-state index contributed by atoms with van der Waals surface area (Å²) in [5.74, 6) is 0.977. The molecule has 0 atom stereocenters. The van der Waals surface area contributed by atoms with Crippen molar-refractivity contribution in [2.75, 3.05) is 12.3 Å². The number of H-pyrrole nitrogens is 1. The van der Waals surface area contributed by atoms with Crippen molar-refractivity contribution in [3.05, 3.63) is 60.2 Å². The molecule has 0 fully saturated rings. The Hall–Kier alpha value is -2.34. The molecule has 0 aliphatic heterocycles. The lowest BCUT2D eigenvalue weighted by Crippen LogP contribution is -2.26. The second-order valence-electron chi connectivity index (χ2n) is 5.40. The molecule has 2 aromatic carbocycles. The second-order valence-corrected chi connectivity index (χ2v) is 6.45. The summed E-state index contributed by atoms with van der Waals surface area (Å²) in [7, 11) is 0. The van der Waals surface area contributed by atoms with Crippen molar-refractivity contribution in [1.82, 2.24) is 15.3 Å². The molecule has 6 heteroatoms. The fourth-order valence-electron chi connectivity index (χ4n) is 2.34. The van der Waals surface area contributed by atoms with Gasteiger partial charge in [0.2, 0.25) is 5.91 Å². The van der Waals surface area contributed by atoms with Crippen molar-refractivity contribution in [1.29, 1.82) is 0 Å². The summed E-state index contributed by atoms with van der Waals surface area (Å²) < 4.78 is 12.8. The van der Waals surface area contributed by atoms with Crippen molar-refractivity contribution in [2.45, 2.75) is 17.7 Å². The molecule has 0 radical (unpaired) electrons. The van der Waals surface area contributed by atoms with E-state index in [1.807, 2.05) is 24.3 Å². The molecular formula is C18H18FN3OS. The third-order valence-electron chi connectivity index (χ3n) is 3.53. The zero-order valence-corrected chi connectivity index (χ0v) is 13.9. The zero-order valence-electron chi connectivity index (χ0n) is 13.1. The highest BCUT2D eigenvalue weighted by molar-refractivity contribution is 8.00. The number of carbonyl (C=O) groups excluding carboxylic acids is 1. The normalized spacial score (nSPS) is 10.9. The molecule has 0 aliphatic rings. The van der Waals surface area contributed by atoms with Gasteiger partial charge in [-0.15, -0.1) is 11.8 Å². The van der Waals surface area contributed by atoms with Gasteiger partial charge >= 0.3 is 0 Å². The van der Waals surface area contributed by atoms with E-state index in [1.165, 1.54) is 23.9 Å². The van der Waals surface area contributed by atoms with E-state index in [9.17, 15) is 9.18 Å². The van der Waals surface area contributed by atoms with Crippen LogP contribution in [0.3, 0.4) is 0 Å². The molecule has 1 amide bonds. The van der Waals surface area contributed by atoms with Gasteiger partial charge in [-0.05, 0) is 42.8 Å². The minimum absolute atomic E-state index is 0.0195. The Balaban J connectivity index is 1.36. The summed E-state index contributed by atoms with van der Waals surface area (Å²) in [4.78, 5) is 20.5. The van der Waals surface area contributed by atoms with Crippen molar-refractivity contribution in [2.24, 2.45) is 0 Å². The largest absolute Gasteiger partial charge is 0.355 e. The van der Waals surface area contributed by atoms with E-state index < -0.39 is 0 Å². The molecule has 0 bridgehead atoms. The molecule has 1 heterocycles. The van der Waals surface area contributed by atoms with Gasteiger partial charge in [0.15, 0.2) is 0 Å². The van der Waals surface area contributed by atoms with Crippen molar-refractivity contribution in [3.8, 4) is 0 Å². The lowest BCUT2D eigenvalue weighted by molar-refractivity contribution is -0.118. The quantitative estimate of drug-likeness (QED) is 0.509. The lowest BCUT2D eigenvalue weighted by atomic mass is 10.3. The standard InChI is InChI=1S/C18H18FN3OS/c19-13-7-9-14(10-8-13)24-12-18(23)20-11-3-6-17-21-15-4-1-2-5-16(15)22-17/h1-2,4-5,7-10H,3,6,11-12H2,(H,20,23)(H,21,22). The fraction of sp³-hybridized carbons (Fsp3) is 0.222. The number of aryl methyl sites for hydroxylation is 1. The van der Waals surface area contributed by atoms with Gasteiger partial charge < -0.3 is 10.3 Å². The lowest BCUT2D eigenvalue weighted by Gasteiger charge is -2.04. The third kappa shape index (κ3) is 4.58. The first-order chi connectivity index (χ1) is 11.7. The number of imidazole rings is 1. The highest BCUT2D eigenvalue weighted by atomic mass is 32.2. The van der Waals surface area contributed by atoms with Gasteiger partial charge in [0.05, 0.1) is 16.8 Å². The van der Waals surface area contributed by atoms with E-state index in [2.05, 4.69) is 15.3 Å². The van der Waals surface area contributed by atoms with Gasteiger partial charge in [0.25, 0.3) is 0 Å². The van der Waals surface area contributed by atoms with Crippen molar-refractivity contribution in [3.63, 3.8) is 0 Å². The Bertz CT molecular complexity index is 784. The number of aromatic amines is 1. The van der Waals surface area contributed by atoms with E-state index in [0.29, 0.717) is 12.3 Å². The summed E-state index contributed by atoms with van der Waals surface area (Å²) in [6.07, 6.45) is 1.62. The summed E-state index contributed by atoms with van der Waals surface area (Å²) in [6, 6.07) is 14.1. The number of rotatable bonds is 7. The maximum Gasteiger partial charge on any atom is 0.230 e. The Morgan fingerprint density at radius 3 is 2.75 bits per heavy atom. The molecule has 0 unspecified atom stereocenters. The van der Waals surface area contributed by atoms with E-state index in [-0.39, 0.29) is 11.7 Å². The van der Waals surface area contributed by atoms with Crippen LogP contribution in [0.2, 0.25) is 0 Å². The molecule has 1 aromatic heterocycles. The molecule has 24 heavy (non-hydrogen) atoms. The predicted octanol–water partition coefficient (Wildman–Crippen LogP) is 3.54. The van der Waals surface area contributed by atoms with Crippen molar-refractivity contribution < 1.29 is 9.18 Å². The molecule has 124 valence electrons. The maximum atomic E-state index is 12.8. The third-order valence-corrected chi connectivity index (χ3v) is 4.55. The number of nitrogens with zero attached hydrogens (tertiary/aromatic N) is 1. The number of halogens is 1. The maximum absolute atomic E-state index is 12.8. The predicted molar refractivity (Wildman–Crippen MR) is 94.5 cm³/mol. The van der Waals surface area contributed by atoms with Crippen LogP contribution in [0.5, 0.6) is 0 Å². The molecule has 2 N–H and O–H groups in total. The van der Waals surface area contributed by atoms with Crippen LogP contribution in [-0.2, 0) is 11.2 Å². The monoisotopic (exact) mass is 343 g/mol. The molecule has 0 aliphatic carbocycles. The number of benzene rings is 2. The van der Waals surface area contributed by atoms with E-state index >= 15 is 0 Å². The number of hydrogen-bond acceptors (Lipinski definition) is 3. The molecule has 3 rings (SSSR count). The smallest absolute Gasteiger partial charge is 0.230 e. The molecule has 3 aromatic rings. The van der Waals surface area contributed by atoms with Crippen LogP contribution in [0.15, 0.2) is 53.4 Å². The molecule has 0 saturated carbocycles. The molecular weight excluding hydrogens is 325 g/mol. The van der Waals surface area contributed by atoms with E-state index in [1.54, 1.807) is 12.1 Å².